The van der Waals surface area contributed by atoms with Crippen molar-refractivity contribution >= 4 is 11.7 Å². The van der Waals surface area contributed by atoms with Gasteiger partial charge in [0.05, 0.1) is 4.92 Å². The van der Waals surface area contributed by atoms with Crippen LogP contribution in [0.3, 0.4) is 0 Å². The van der Waals surface area contributed by atoms with Crippen LogP contribution in [0.2, 0.25) is 0 Å². The summed E-state index contributed by atoms with van der Waals surface area (Å²) in [6.07, 6.45) is 2.59. The standard InChI is InChI=1S/C14H18N2O5/c1-2-9-3-6-13(12(7-9)16(19)20)21-8-11(14(17)18)15-10-4-5-10/h3,6-7,10-11,15H,2,4-5,8H2,1H3,(H,17,18). The van der Waals surface area contributed by atoms with Crippen LogP contribution in [0.5, 0.6) is 5.75 Å². The third-order valence-corrected chi connectivity index (χ3v) is 3.35. The molecule has 0 aromatic heterocycles. The van der Waals surface area contributed by atoms with Gasteiger partial charge < -0.3 is 9.84 Å². The van der Waals surface area contributed by atoms with Crippen molar-refractivity contribution in [3.05, 3.63) is 33.9 Å². The van der Waals surface area contributed by atoms with Gasteiger partial charge in [0.15, 0.2) is 5.75 Å². The number of nitrogens with zero attached hydrogens (tertiary/aromatic N) is 1. The second-order valence-corrected chi connectivity index (χ2v) is 5.06. The maximum atomic E-state index is 11.1. The largest absolute Gasteiger partial charge is 0.485 e. The molecule has 0 amide bonds. The first-order chi connectivity index (χ1) is 10.0. The zero-order chi connectivity index (χ0) is 15.4. The number of nitrogens with one attached hydrogen (secondary N) is 1. The van der Waals surface area contributed by atoms with Crippen LogP contribution in [-0.2, 0) is 11.2 Å². The van der Waals surface area contributed by atoms with E-state index in [1.807, 2.05) is 6.92 Å². The van der Waals surface area contributed by atoms with Gasteiger partial charge in [0.1, 0.15) is 12.6 Å². The molecule has 1 aliphatic rings. The minimum absolute atomic E-state index is 0.0982. The van der Waals surface area contributed by atoms with Crippen LogP contribution in [0.4, 0.5) is 5.69 Å². The van der Waals surface area contributed by atoms with E-state index in [2.05, 4.69) is 5.32 Å². The fourth-order valence-corrected chi connectivity index (χ4v) is 1.95. The molecule has 7 nitrogen and oxygen atoms in total. The third-order valence-electron chi connectivity index (χ3n) is 3.35. The van der Waals surface area contributed by atoms with Crippen molar-refractivity contribution in [3.8, 4) is 5.75 Å². The molecule has 0 saturated heterocycles. The maximum absolute atomic E-state index is 11.1. The highest BCUT2D eigenvalue weighted by molar-refractivity contribution is 5.73. The molecule has 21 heavy (non-hydrogen) atoms. The molecule has 2 rings (SSSR count). The van der Waals surface area contributed by atoms with Crippen LogP contribution in [0, 0.1) is 10.1 Å². The van der Waals surface area contributed by atoms with Gasteiger partial charge in [-0.05, 0) is 30.9 Å². The Balaban J connectivity index is 2.06. The number of ether oxygens (including phenoxy) is 1. The molecular weight excluding hydrogens is 276 g/mol. The highest BCUT2D eigenvalue weighted by Crippen LogP contribution is 2.28. The molecule has 1 unspecified atom stereocenters. The van der Waals surface area contributed by atoms with Crippen LogP contribution >= 0.6 is 0 Å². The van der Waals surface area contributed by atoms with Gasteiger partial charge in [0.2, 0.25) is 0 Å². The van der Waals surface area contributed by atoms with Crippen molar-refractivity contribution < 1.29 is 19.6 Å². The first-order valence-electron chi connectivity index (χ1n) is 6.90. The summed E-state index contributed by atoms with van der Waals surface area (Å²) in [5.41, 5.74) is 0.699. The van der Waals surface area contributed by atoms with Gasteiger partial charge in [-0.1, -0.05) is 13.0 Å². The molecule has 114 valence electrons. The van der Waals surface area contributed by atoms with E-state index in [0.29, 0.717) is 6.42 Å². The molecule has 0 heterocycles. The first-order valence-corrected chi connectivity index (χ1v) is 6.90. The Morgan fingerprint density at radius 1 is 1.57 bits per heavy atom. The minimum Gasteiger partial charge on any atom is -0.485 e. The number of hydrogen-bond donors (Lipinski definition) is 2. The number of carboxylic acids is 1. The summed E-state index contributed by atoms with van der Waals surface area (Å²) in [6, 6.07) is 4.08. The topological polar surface area (TPSA) is 102 Å². The lowest BCUT2D eigenvalue weighted by Gasteiger charge is -2.15. The summed E-state index contributed by atoms with van der Waals surface area (Å²) in [5.74, 6) is -0.921. The summed E-state index contributed by atoms with van der Waals surface area (Å²) in [6.45, 7) is 1.76. The molecule has 1 aromatic rings. The fraction of sp³-hybridized carbons (Fsp3) is 0.500. The second kappa shape index (κ2) is 6.53. The summed E-state index contributed by atoms with van der Waals surface area (Å²) in [5, 5.41) is 23.1. The molecule has 2 N–H and O–H groups in total. The van der Waals surface area contributed by atoms with Crippen LogP contribution in [0.25, 0.3) is 0 Å². The van der Waals surface area contributed by atoms with E-state index in [1.54, 1.807) is 6.07 Å². The van der Waals surface area contributed by atoms with Crippen LogP contribution in [0.1, 0.15) is 25.3 Å². The van der Waals surface area contributed by atoms with Crippen molar-refractivity contribution in [2.24, 2.45) is 0 Å². The molecule has 1 saturated carbocycles. The normalized spacial score (nSPS) is 15.5. The van der Waals surface area contributed by atoms with E-state index < -0.39 is 16.9 Å². The summed E-state index contributed by atoms with van der Waals surface area (Å²) >= 11 is 0. The third kappa shape index (κ3) is 4.16. The molecule has 7 heteroatoms. The Bertz CT molecular complexity index is 542. The highest BCUT2D eigenvalue weighted by Gasteiger charge is 2.29. The van der Waals surface area contributed by atoms with E-state index in [1.165, 1.54) is 12.1 Å². The lowest BCUT2D eigenvalue weighted by molar-refractivity contribution is -0.385. The predicted octanol–water partition coefficient (Wildman–Crippen LogP) is 1.74. The number of aryl methyl sites for hydroxylation is 1. The summed E-state index contributed by atoms with van der Waals surface area (Å²) < 4.78 is 5.37. The average molecular weight is 294 g/mol. The van der Waals surface area contributed by atoms with Crippen molar-refractivity contribution in [1.82, 2.24) is 5.32 Å². The Kier molecular flexibility index (Phi) is 4.74. The van der Waals surface area contributed by atoms with E-state index in [-0.39, 0.29) is 24.1 Å². The van der Waals surface area contributed by atoms with Crippen LogP contribution in [-0.4, -0.2) is 34.7 Å². The van der Waals surface area contributed by atoms with Crippen molar-refractivity contribution in [3.63, 3.8) is 0 Å². The maximum Gasteiger partial charge on any atom is 0.324 e. The molecule has 0 aliphatic heterocycles. The monoisotopic (exact) mass is 294 g/mol. The minimum atomic E-state index is -1.02. The lowest BCUT2D eigenvalue weighted by atomic mass is 10.1. The van der Waals surface area contributed by atoms with Gasteiger partial charge in [-0.15, -0.1) is 0 Å². The number of rotatable bonds is 8. The highest BCUT2D eigenvalue weighted by atomic mass is 16.6. The van der Waals surface area contributed by atoms with Gasteiger partial charge in [-0.2, -0.15) is 0 Å². The van der Waals surface area contributed by atoms with Crippen LogP contribution in [0.15, 0.2) is 18.2 Å². The number of nitro benzene ring substituents is 1. The van der Waals surface area contributed by atoms with E-state index in [4.69, 9.17) is 9.84 Å². The first kappa shape index (κ1) is 15.2. The lowest BCUT2D eigenvalue weighted by Crippen LogP contribution is -2.42. The second-order valence-electron chi connectivity index (χ2n) is 5.06. The number of aliphatic carboxylic acids is 1. The van der Waals surface area contributed by atoms with Gasteiger partial charge in [-0.3, -0.25) is 20.2 Å². The fourth-order valence-electron chi connectivity index (χ4n) is 1.95. The van der Waals surface area contributed by atoms with Crippen LogP contribution < -0.4 is 10.1 Å². The molecule has 1 fully saturated rings. The Hall–Kier alpha value is -2.15. The average Bonchev–Trinajstić information content (AvgIpc) is 3.26. The molecule has 0 radical (unpaired) electrons. The number of carboxylic acid groups (broad SMARTS) is 1. The van der Waals surface area contributed by atoms with Gasteiger partial charge >= 0.3 is 11.7 Å². The number of hydrogen-bond acceptors (Lipinski definition) is 5. The van der Waals surface area contributed by atoms with Gasteiger partial charge in [0.25, 0.3) is 0 Å². The smallest absolute Gasteiger partial charge is 0.324 e. The molecule has 1 aliphatic carbocycles. The molecule has 0 spiro atoms. The SMILES string of the molecule is CCc1ccc(OCC(NC2CC2)C(=O)O)c([N+](=O)[O-])c1. The van der Waals surface area contributed by atoms with Gasteiger partial charge in [-0.25, -0.2) is 0 Å². The van der Waals surface area contributed by atoms with Crippen molar-refractivity contribution in [2.75, 3.05) is 6.61 Å². The van der Waals surface area contributed by atoms with E-state index in [0.717, 1.165) is 18.4 Å². The molecule has 1 aromatic carbocycles. The number of nitro groups is 1. The number of benzene rings is 1. The molecule has 1 atom stereocenters. The summed E-state index contributed by atoms with van der Waals surface area (Å²) in [7, 11) is 0. The quantitative estimate of drug-likeness (QED) is 0.559. The Morgan fingerprint density at radius 2 is 2.29 bits per heavy atom. The summed E-state index contributed by atoms with van der Waals surface area (Å²) in [4.78, 5) is 21.7. The zero-order valence-electron chi connectivity index (χ0n) is 11.7. The Morgan fingerprint density at radius 3 is 2.81 bits per heavy atom. The zero-order valence-corrected chi connectivity index (χ0v) is 11.7. The predicted molar refractivity (Wildman–Crippen MR) is 75.6 cm³/mol. The van der Waals surface area contributed by atoms with E-state index in [9.17, 15) is 14.9 Å². The molecular formula is C14H18N2O5. The van der Waals surface area contributed by atoms with Crippen molar-refractivity contribution in [2.45, 2.75) is 38.3 Å². The van der Waals surface area contributed by atoms with E-state index >= 15 is 0 Å². The van der Waals surface area contributed by atoms with Gasteiger partial charge in [0, 0.05) is 12.1 Å². The Labute approximate surface area is 122 Å². The molecule has 0 bridgehead atoms. The number of carbonyl (C=O) groups is 1. The van der Waals surface area contributed by atoms with Crippen molar-refractivity contribution in [1.29, 1.82) is 0 Å².